The molecule has 0 aliphatic rings. The van der Waals surface area contributed by atoms with Crippen molar-refractivity contribution in [3.8, 4) is 0 Å². The highest BCUT2D eigenvalue weighted by atomic mass is 15.1. The largest absolute Gasteiger partial charge is 0.383 e. The molecular formula is C8H13N3. The van der Waals surface area contributed by atoms with Crippen LogP contribution in [-0.2, 0) is 7.05 Å². The summed E-state index contributed by atoms with van der Waals surface area (Å²) in [5, 5.41) is 3.12. The fraction of sp³-hybridized carbons (Fsp3) is 0.250. The molecule has 1 rings (SSSR count). The molecule has 11 heavy (non-hydrogen) atoms. The molecule has 3 N–H and O–H groups in total. The van der Waals surface area contributed by atoms with Crippen molar-refractivity contribution in [3.05, 3.63) is 24.9 Å². The van der Waals surface area contributed by atoms with Gasteiger partial charge in [-0.3, -0.25) is 0 Å². The van der Waals surface area contributed by atoms with E-state index in [0.717, 1.165) is 18.1 Å². The van der Waals surface area contributed by atoms with Crippen LogP contribution in [-0.4, -0.2) is 11.1 Å². The van der Waals surface area contributed by atoms with Crippen LogP contribution in [0.1, 0.15) is 0 Å². The van der Waals surface area contributed by atoms with Crippen LogP contribution in [0.2, 0.25) is 0 Å². The van der Waals surface area contributed by atoms with Crippen LogP contribution in [0.3, 0.4) is 0 Å². The zero-order valence-electron chi connectivity index (χ0n) is 6.67. The number of nitrogen functional groups attached to an aromatic ring is 1. The second-order valence-corrected chi connectivity index (χ2v) is 2.40. The molecular weight excluding hydrogens is 138 g/mol. The lowest BCUT2D eigenvalue weighted by Gasteiger charge is -2.02. The normalized spacial score (nSPS) is 9.55. The number of nitrogens with zero attached hydrogens (tertiary/aromatic N) is 1. The van der Waals surface area contributed by atoms with Crippen molar-refractivity contribution in [1.29, 1.82) is 0 Å². The molecule has 0 saturated carbocycles. The molecule has 1 aromatic heterocycles. The summed E-state index contributed by atoms with van der Waals surface area (Å²) < 4.78 is 1.87. The van der Waals surface area contributed by atoms with Crippen LogP contribution in [0.25, 0.3) is 0 Å². The van der Waals surface area contributed by atoms with E-state index in [9.17, 15) is 0 Å². The number of nitrogens with two attached hydrogens (primary N) is 1. The van der Waals surface area contributed by atoms with E-state index in [2.05, 4.69) is 11.9 Å². The molecule has 0 amide bonds. The van der Waals surface area contributed by atoms with Crippen molar-refractivity contribution >= 4 is 11.5 Å². The second-order valence-electron chi connectivity index (χ2n) is 2.40. The maximum atomic E-state index is 5.71. The average Bonchev–Trinajstić information content (AvgIpc) is 2.31. The first kappa shape index (κ1) is 7.72. The minimum Gasteiger partial charge on any atom is -0.383 e. The number of aromatic nitrogens is 1. The molecule has 0 spiro atoms. The Morgan fingerprint density at radius 1 is 1.82 bits per heavy atom. The van der Waals surface area contributed by atoms with E-state index in [1.54, 1.807) is 6.08 Å². The van der Waals surface area contributed by atoms with Crippen LogP contribution >= 0.6 is 0 Å². The fourth-order valence-electron chi connectivity index (χ4n) is 0.874. The Morgan fingerprint density at radius 2 is 2.55 bits per heavy atom. The first-order valence-electron chi connectivity index (χ1n) is 3.51. The van der Waals surface area contributed by atoms with Crippen LogP contribution in [0.15, 0.2) is 24.9 Å². The summed E-state index contributed by atoms with van der Waals surface area (Å²) in [5.74, 6) is 0.756. The summed E-state index contributed by atoms with van der Waals surface area (Å²) in [6, 6.07) is 1.94. The summed E-state index contributed by atoms with van der Waals surface area (Å²) in [4.78, 5) is 0. The van der Waals surface area contributed by atoms with E-state index in [4.69, 9.17) is 5.73 Å². The summed E-state index contributed by atoms with van der Waals surface area (Å²) in [5.41, 5.74) is 6.67. The van der Waals surface area contributed by atoms with E-state index in [0.29, 0.717) is 0 Å². The number of aryl methyl sites for hydroxylation is 1. The molecule has 0 fully saturated rings. The Morgan fingerprint density at radius 3 is 3.00 bits per heavy atom. The molecule has 0 bridgehead atoms. The van der Waals surface area contributed by atoms with Crippen molar-refractivity contribution in [2.75, 3.05) is 17.6 Å². The summed E-state index contributed by atoms with van der Waals surface area (Å²) in [7, 11) is 1.91. The highest BCUT2D eigenvalue weighted by Gasteiger charge is 1.99. The van der Waals surface area contributed by atoms with Gasteiger partial charge in [0.15, 0.2) is 0 Å². The zero-order valence-corrected chi connectivity index (χ0v) is 6.67. The molecule has 0 aromatic carbocycles. The van der Waals surface area contributed by atoms with E-state index >= 15 is 0 Å². The SMILES string of the molecule is C=CCNc1ccn(C)c1N. The van der Waals surface area contributed by atoms with E-state index in [-0.39, 0.29) is 0 Å². The Bertz CT molecular complexity index is 250. The third-order valence-electron chi connectivity index (χ3n) is 1.56. The Hall–Kier alpha value is -1.38. The van der Waals surface area contributed by atoms with Gasteiger partial charge in [0.2, 0.25) is 0 Å². The van der Waals surface area contributed by atoms with Crippen LogP contribution in [0.4, 0.5) is 11.5 Å². The van der Waals surface area contributed by atoms with Gasteiger partial charge in [0.1, 0.15) is 5.82 Å². The van der Waals surface area contributed by atoms with Gasteiger partial charge in [-0.05, 0) is 6.07 Å². The number of hydrogen-bond donors (Lipinski definition) is 2. The summed E-state index contributed by atoms with van der Waals surface area (Å²) >= 11 is 0. The van der Waals surface area contributed by atoms with Gasteiger partial charge < -0.3 is 15.6 Å². The quantitative estimate of drug-likeness (QED) is 0.637. The van der Waals surface area contributed by atoms with E-state index in [1.165, 1.54) is 0 Å². The second kappa shape index (κ2) is 3.14. The van der Waals surface area contributed by atoms with Crippen molar-refractivity contribution in [1.82, 2.24) is 4.57 Å². The standard InChI is InChI=1S/C8H13N3/c1-3-5-10-7-4-6-11(2)8(7)9/h3-4,6,10H,1,5,9H2,2H3. The van der Waals surface area contributed by atoms with Gasteiger partial charge >= 0.3 is 0 Å². The lowest BCUT2D eigenvalue weighted by atomic mass is 10.4. The maximum absolute atomic E-state index is 5.71. The number of nitrogens with one attached hydrogen (secondary N) is 1. The molecule has 0 unspecified atom stereocenters. The average molecular weight is 151 g/mol. The van der Waals surface area contributed by atoms with Gasteiger partial charge in [0, 0.05) is 19.8 Å². The smallest absolute Gasteiger partial charge is 0.126 e. The van der Waals surface area contributed by atoms with Crippen molar-refractivity contribution in [2.45, 2.75) is 0 Å². The Labute approximate surface area is 66.5 Å². The molecule has 3 heteroatoms. The van der Waals surface area contributed by atoms with Crippen molar-refractivity contribution in [2.24, 2.45) is 7.05 Å². The molecule has 3 nitrogen and oxygen atoms in total. The van der Waals surface area contributed by atoms with Gasteiger partial charge in [0.05, 0.1) is 5.69 Å². The molecule has 0 radical (unpaired) electrons. The molecule has 0 saturated heterocycles. The summed E-state index contributed by atoms with van der Waals surface area (Å²) in [6.45, 7) is 4.35. The predicted octanol–water partition coefficient (Wildman–Crippen LogP) is 1.21. The number of anilines is 2. The van der Waals surface area contributed by atoms with Gasteiger partial charge in [-0.25, -0.2) is 0 Å². The molecule has 0 aliphatic heterocycles. The third-order valence-corrected chi connectivity index (χ3v) is 1.56. The number of hydrogen-bond acceptors (Lipinski definition) is 2. The molecule has 0 atom stereocenters. The Kier molecular flexibility index (Phi) is 2.21. The van der Waals surface area contributed by atoms with Crippen molar-refractivity contribution in [3.63, 3.8) is 0 Å². The van der Waals surface area contributed by atoms with Crippen molar-refractivity contribution < 1.29 is 0 Å². The zero-order chi connectivity index (χ0) is 8.27. The minimum atomic E-state index is 0.744. The van der Waals surface area contributed by atoms with E-state index < -0.39 is 0 Å². The van der Waals surface area contributed by atoms with Gasteiger partial charge in [0.25, 0.3) is 0 Å². The monoisotopic (exact) mass is 151 g/mol. The topological polar surface area (TPSA) is 43.0 Å². The third kappa shape index (κ3) is 1.55. The predicted molar refractivity (Wildman–Crippen MR) is 48.5 cm³/mol. The highest BCUT2D eigenvalue weighted by Crippen LogP contribution is 2.17. The highest BCUT2D eigenvalue weighted by molar-refractivity contribution is 5.63. The minimum absolute atomic E-state index is 0.744. The molecule has 60 valence electrons. The Balaban J connectivity index is 2.70. The number of rotatable bonds is 3. The van der Waals surface area contributed by atoms with E-state index in [1.807, 2.05) is 23.9 Å². The van der Waals surface area contributed by atoms with Gasteiger partial charge in [-0.2, -0.15) is 0 Å². The maximum Gasteiger partial charge on any atom is 0.126 e. The van der Waals surface area contributed by atoms with Crippen LogP contribution < -0.4 is 11.1 Å². The van der Waals surface area contributed by atoms with Gasteiger partial charge in [-0.1, -0.05) is 6.08 Å². The molecule has 0 aliphatic carbocycles. The molecule has 1 aromatic rings. The lowest BCUT2D eigenvalue weighted by Crippen LogP contribution is -2.02. The fourth-order valence-corrected chi connectivity index (χ4v) is 0.874. The first-order valence-corrected chi connectivity index (χ1v) is 3.51. The summed E-state index contributed by atoms with van der Waals surface area (Å²) in [6.07, 6.45) is 3.72. The van der Waals surface area contributed by atoms with Gasteiger partial charge in [-0.15, -0.1) is 6.58 Å². The lowest BCUT2D eigenvalue weighted by molar-refractivity contribution is 0.941. The first-order chi connectivity index (χ1) is 5.25. The molecule has 1 heterocycles. The van der Waals surface area contributed by atoms with Crippen LogP contribution in [0.5, 0.6) is 0 Å². The van der Waals surface area contributed by atoms with Crippen LogP contribution in [0, 0.1) is 0 Å².